The van der Waals surface area contributed by atoms with Crippen molar-refractivity contribution in [2.75, 3.05) is 32.7 Å². The zero-order valence-electron chi connectivity index (χ0n) is 32.0. The molecule has 6 aliphatic rings. The maximum atomic E-state index is 13.1. The van der Waals surface area contributed by atoms with Crippen molar-refractivity contribution >= 4 is 6.03 Å². The first-order valence-electron chi connectivity index (χ1n) is 20.7. The number of hydrogen-bond acceptors (Lipinski definition) is 6. The van der Waals surface area contributed by atoms with Crippen LogP contribution in [-0.4, -0.2) is 65.3 Å². The first kappa shape index (κ1) is 36.6. The average Bonchev–Trinajstić information content (AvgIpc) is 3.21. The lowest BCUT2D eigenvalue weighted by Gasteiger charge is -2.56. The minimum atomic E-state index is -0.488. The molecule has 0 aromatic heterocycles. The van der Waals surface area contributed by atoms with Gasteiger partial charge >= 0.3 is 6.03 Å². The quantitative estimate of drug-likeness (QED) is 0.145. The summed E-state index contributed by atoms with van der Waals surface area (Å²) in [7, 11) is 0. The standard InChI is InChI=1S/C47H56N4O4/c52-32-34-9-11-40(12-10-34)44-25-43(31-51-19-17-50(18-20-51)30-33-5-2-1-3-6-33)54-45(55-44)41-15-13-39(14-16-41)42-8-4-7-35(24-42)29-48-46(53)49-47-26-36-21-37(27-47)23-38(22-36)28-47/h1-16,24,36-38,43-45,52H,17-23,25-32H2,(H2,48,49,53)/t36?,37?,38?,43-,44+,45+,47?/m0/s1. The van der Waals surface area contributed by atoms with Crippen LogP contribution in [0.15, 0.2) is 103 Å². The van der Waals surface area contributed by atoms with Gasteiger partial charge in [0.1, 0.15) is 0 Å². The Labute approximate surface area is 326 Å². The van der Waals surface area contributed by atoms with Crippen molar-refractivity contribution in [3.05, 3.63) is 131 Å². The molecule has 4 aromatic carbocycles. The van der Waals surface area contributed by atoms with E-state index in [1.54, 1.807) is 0 Å². The number of rotatable bonds is 11. The molecular formula is C47H56N4O4. The number of carbonyl (C=O) groups excluding carboxylic acids is 1. The third-order valence-electron chi connectivity index (χ3n) is 13.1. The minimum Gasteiger partial charge on any atom is -0.392 e. The second-order valence-corrected chi connectivity index (χ2v) is 17.2. The summed E-state index contributed by atoms with van der Waals surface area (Å²) in [6.45, 7) is 6.50. The summed E-state index contributed by atoms with van der Waals surface area (Å²) < 4.78 is 13.4. The van der Waals surface area contributed by atoms with E-state index in [4.69, 9.17) is 9.47 Å². The van der Waals surface area contributed by atoms with Crippen LogP contribution in [0, 0.1) is 17.8 Å². The van der Waals surface area contributed by atoms with Gasteiger partial charge in [-0.1, -0.05) is 97.1 Å². The molecule has 0 spiro atoms. The van der Waals surface area contributed by atoms with Gasteiger partial charge in [-0.05, 0) is 95.7 Å². The Hall–Kier alpha value is -4.05. The molecule has 2 aliphatic heterocycles. The van der Waals surface area contributed by atoms with Crippen molar-refractivity contribution in [3.8, 4) is 11.1 Å². The number of piperazine rings is 1. The second kappa shape index (κ2) is 16.2. The van der Waals surface area contributed by atoms with Gasteiger partial charge in [0.2, 0.25) is 0 Å². The second-order valence-electron chi connectivity index (χ2n) is 17.2. The molecule has 3 N–H and O–H groups in total. The fourth-order valence-electron chi connectivity index (χ4n) is 10.7. The van der Waals surface area contributed by atoms with Crippen molar-refractivity contribution in [2.45, 2.75) is 88.7 Å². The van der Waals surface area contributed by atoms with Crippen LogP contribution >= 0.6 is 0 Å². The molecule has 2 amide bonds. The molecule has 8 nitrogen and oxygen atoms in total. The van der Waals surface area contributed by atoms with Crippen LogP contribution in [0.2, 0.25) is 0 Å². The predicted molar refractivity (Wildman–Crippen MR) is 215 cm³/mol. The molecule has 0 radical (unpaired) electrons. The largest absolute Gasteiger partial charge is 0.392 e. The van der Waals surface area contributed by atoms with E-state index in [0.717, 1.165) is 116 Å². The molecule has 10 rings (SSSR count). The Kier molecular flexibility index (Phi) is 10.8. The lowest BCUT2D eigenvalue weighted by Crippen LogP contribution is -2.61. The van der Waals surface area contributed by atoms with E-state index < -0.39 is 6.29 Å². The molecule has 8 heteroatoms. The molecule has 4 aliphatic carbocycles. The highest BCUT2D eigenvalue weighted by molar-refractivity contribution is 5.75. The monoisotopic (exact) mass is 740 g/mol. The number of urea groups is 1. The number of benzene rings is 4. The molecule has 3 atom stereocenters. The van der Waals surface area contributed by atoms with Gasteiger partial charge in [0.05, 0.1) is 18.8 Å². The number of nitrogens with zero attached hydrogens (tertiary/aromatic N) is 2. The number of amides is 2. The van der Waals surface area contributed by atoms with E-state index >= 15 is 0 Å². The summed E-state index contributed by atoms with van der Waals surface area (Å²) in [5, 5.41) is 16.3. The summed E-state index contributed by atoms with van der Waals surface area (Å²) >= 11 is 0. The number of nitrogens with one attached hydrogen (secondary N) is 2. The zero-order valence-corrected chi connectivity index (χ0v) is 32.0. The van der Waals surface area contributed by atoms with Crippen molar-refractivity contribution in [1.29, 1.82) is 0 Å². The number of carbonyl (C=O) groups is 1. The highest BCUT2D eigenvalue weighted by Crippen LogP contribution is 2.55. The Morgan fingerprint density at radius 1 is 0.673 bits per heavy atom. The first-order valence-corrected chi connectivity index (χ1v) is 20.7. The van der Waals surface area contributed by atoms with Crippen LogP contribution in [0.5, 0.6) is 0 Å². The van der Waals surface area contributed by atoms with Crippen LogP contribution in [-0.2, 0) is 29.2 Å². The van der Waals surface area contributed by atoms with Gasteiger partial charge in [-0.25, -0.2) is 4.79 Å². The first-order chi connectivity index (χ1) is 26.9. The number of hydrogen-bond donors (Lipinski definition) is 3. The van der Waals surface area contributed by atoms with Crippen LogP contribution in [0.3, 0.4) is 0 Å². The molecule has 2 heterocycles. The lowest BCUT2D eigenvalue weighted by atomic mass is 9.53. The average molecular weight is 741 g/mol. The summed E-state index contributed by atoms with van der Waals surface area (Å²) in [5.41, 5.74) is 7.69. The Bertz CT molecular complexity index is 1860. The molecule has 2 saturated heterocycles. The third-order valence-corrected chi connectivity index (χ3v) is 13.1. The Morgan fingerprint density at radius 2 is 1.33 bits per heavy atom. The van der Waals surface area contributed by atoms with Crippen LogP contribution < -0.4 is 10.6 Å². The SMILES string of the molecule is O=C(NCc1cccc(-c2ccc([C@@H]3O[C@H](CN4CCN(Cc5ccccc5)CC4)C[C@H](c4ccc(CO)cc4)O3)cc2)c1)NC12CC3CC(CC(C3)C1)C2. The molecule has 6 fully saturated rings. The zero-order chi connectivity index (χ0) is 37.2. The van der Waals surface area contributed by atoms with Gasteiger partial charge in [-0.15, -0.1) is 0 Å². The smallest absolute Gasteiger partial charge is 0.315 e. The number of ether oxygens (including phenoxy) is 2. The van der Waals surface area contributed by atoms with E-state index in [9.17, 15) is 9.90 Å². The predicted octanol–water partition coefficient (Wildman–Crippen LogP) is 7.98. The van der Waals surface area contributed by atoms with Gasteiger partial charge < -0.3 is 25.2 Å². The van der Waals surface area contributed by atoms with Crippen molar-refractivity contribution in [1.82, 2.24) is 20.4 Å². The highest BCUT2D eigenvalue weighted by Gasteiger charge is 2.51. The fourth-order valence-corrected chi connectivity index (χ4v) is 10.7. The summed E-state index contributed by atoms with van der Waals surface area (Å²) in [6.07, 6.45) is 7.76. The molecule has 4 aromatic rings. The van der Waals surface area contributed by atoms with Crippen LogP contribution in [0.25, 0.3) is 11.1 Å². The summed E-state index contributed by atoms with van der Waals surface area (Å²) in [6, 6.07) is 35.8. The van der Waals surface area contributed by atoms with E-state index in [0.29, 0.717) is 6.54 Å². The van der Waals surface area contributed by atoms with Crippen molar-refractivity contribution in [2.24, 2.45) is 17.8 Å². The Balaban J connectivity index is 0.833. The van der Waals surface area contributed by atoms with Gasteiger partial charge in [0.15, 0.2) is 6.29 Å². The summed E-state index contributed by atoms with van der Waals surface area (Å²) in [5.74, 6) is 2.40. The summed E-state index contributed by atoms with van der Waals surface area (Å²) in [4.78, 5) is 18.2. The molecule has 0 unspecified atom stereocenters. The molecule has 4 saturated carbocycles. The number of aliphatic hydroxyl groups is 1. The van der Waals surface area contributed by atoms with Gasteiger partial charge in [0, 0.05) is 63.3 Å². The number of aliphatic hydroxyl groups excluding tert-OH is 1. The maximum Gasteiger partial charge on any atom is 0.315 e. The van der Waals surface area contributed by atoms with Crippen LogP contribution in [0.4, 0.5) is 4.79 Å². The normalized spacial score (nSPS) is 29.3. The van der Waals surface area contributed by atoms with Crippen LogP contribution in [0.1, 0.15) is 85.2 Å². The third kappa shape index (κ3) is 8.69. The lowest BCUT2D eigenvalue weighted by molar-refractivity contribution is -0.253. The maximum absolute atomic E-state index is 13.1. The van der Waals surface area contributed by atoms with Crippen molar-refractivity contribution in [3.63, 3.8) is 0 Å². The van der Waals surface area contributed by atoms with Gasteiger partial charge in [0.25, 0.3) is 0 Å². The van der Waals surface area contributed by atoms with E-state index in [2.05, 4.69) is 111 Å². The molecular weight excluding hydrogens is 685 g/mol. The molecule has 4 bridgehead atoms. The Morgan fingerprint density at radius 3 is 2.02 bits per heavy atom. The van der Waals surface area contributed by atoms with Gasteiger partial charge in [-0.2, -0.15) is 0 Å². The minimum absolute atomic E-state index is 0.0108. The fraction of sp³-hybridized carbons (Fsp3) is 0.468. The van der Waals surface area contributed by atoms with E-state index in [-0.39, 0.29) is 30.4 Å². The van der Waals surface area contributed by atoms with E-state index in [1.807, 2.05) is 12.1 Å². The molecule has 288 valence electrons. The van der Waals surface area contributed by atoms with Gasteiger partial charge in [-0.3, -0.25) is 9.80 Å². The topological polar surface area (TPSA) is 86.3 Å². The van der Waals surface area contributed by atoms with Crippen molar-refractivity contribution < 1.29 is 19.4 Å². The van der Waals surface area contributed by atoms with E-state index in [1.165, 1.54) is 24.8 Å². The highest BCUT2D eigenvalue weighted by atomic mass is 16.7. The molecule has 55 heavy (non-hydrogen) atoms.